The lowest BCUT2D eigenvalue weighted by Gasteiger charge is -2.14. The standard InChI is InChI=1S/C16H24N2O4S/c1-12-4-6-13(7-5-12)22-10-3-9-17-16(21)18-14(15(19)20)8-11-23-2/h4-7,14H,3,8-11H2,1-2H3,(H,19,20)(H2,17,18,21). The maximum atomic E-state index is 11.7. The molecule has 6 nitrogen and oxygen atoms in total. The molecule has 7 heteroatoms. The van der Waals surface area contributed by atoms with Crippen LogP contribution in [0.4, 0.5) is 4.79 Å². The minimum absolute atomic E-state index is 0.403. The normalized spacial score (nSPS) is 11.6. The number of hydrogen-bond donors (Lipinski definition) is 3. The van der Waals surface area contributed by atoms with Crippen LogP contribution >= 0.6 is 11.8 Å². The van der Waals surface area contributed by atoms with Crippen molar-refractivity contribution in [3.05, 3.63) is 29.8 Å². The van der Waals surface area contributed by atoms with E-state index in [1.807, 2.05) is 37.4 Å². The Bertz CT molecular complexity index is 493. The van der Waals surface area contributed by atoms with Gasteiger partial charge in [-0.1, -0.05) is 17.7 Å². The molecule has 2 amide bonds. The zero-order valence-corrected chi connectivity index (χ0v) is 14.3. The molecule has 1 aromatic carbocycles. The molecule has 0 saturated carbocycles. The number of carbonyl (C=O) groups is 2. The van der Waals surface area contributed by atoms with E-state index in [1.54, 1.807) is 11.8 Å². The molecule has 0 aliphatic rings. The van der Waals surface area contributed by atoms with Gasteiger partial charge >= 0.3 is 12.0 Å². The summed E-state index contributed by atoms with van der Waals surface area (Å²) >= 11 is 1.55. The van der Waals surface area contributed by atoms with Crippen LogP contribution in [0, 0.1) is 6.92 Å². The first-order chi connectivity index (χ1) is 11.0. The van der Waals surface area contributed by atoms with E-state index in [0.29, 0.717) is 31.7 Å². The molecule has 1 rings (SSSR count). The van der Waals surface area contributed by atoms with Crippen LogP contribution in [-0.4, -0.2) is 48.3 Å². The fraction of sp³-hybridized carbons (Fsp3) is 0.500. The van der Waals surface area contributed by atoms with Gasteiger partial charge in [-0.2, -0.15) is 11.8 Å². The molecule has 0 aliphatic heterocycles. The smallest absolute Gasteiger partial charge is 0.326 e. The first-order valence-corrected chi connectivity index (χ1v) is 8.88. The van der Waals surface area contributed by atoms with Gasteiger partial charge in [0.2, 0.25) is 0 Å². The van der Waals surface area contributed by atoms with Gasteiger partial charge in [0.25, 0.3) is 0 Å². The molecule has 0 saturated heterocycles. The average Bonchev–Trinajstić information content (AvgIpc) is 2.52. The van der Waals surface area contributed by atoms with Gasteiger partial charge in [-0.25, -0.2) is 9.59 Å². The van der Waals surface area contributed by atoms with Crippen molar-refractivity contribution in [1.82, 2.24) is 10.6 Å². The summed E-state index contributed by atoms with van der Waals surface area (Å²) in [6, 6.07) is 6.43. The number of aliphatic carboxylic acids is 1. The third-order valence-corrected chi connectivity index (χ3v) is 3.75. The number of urea groups is 1. The quantitative estimate of drug-likeness (QED) is 0.569. The van der Waals surface area contributed by atoms with Crippen molar-refractivity contribution < 1.29 is 19.4 Å². The monoisotopic (exact) mass is 340 g/mol. The molecule has 1 unspecified atom stereocenters. The topological polar surface area (TPSA) is 87.7 Å². The van der Waals surface area contributed by atoms with Crippen molar-refractivity contribution in [2.24, 2.45) is 0 Å². The van der Waals surface area contributed by atoms with Crippen molar-refractivity contribution in [3.8, 4) is 5.75 Å². The second-order valence-electron chi connectivity index (χ2n) is 5.09. The van der Waals surface area contributed by atoms with Crippen molar-refractivity contribution in [3.63, 3.8) is 0 Å². The van der Waals surface area contributed by atoms with Crippen molar-refractivity contribution >= 4 is 23.8 Å². The van der Waals surface area contributed by atoms with Gasteiger partial charge in [-0.15, -0.1) is 0 Å². The van der Waals surface area contributed by atoms with Crippen LogP contribution in [0.25, 0.3) is 0 Å². The summed E-state index contributed by atoms with van der Waals surface area (Å²) in [5.41, 5.74) is 1.17. The zero-order chi connectivity index (χ0) is 17.1. The Balaban J connectivity index is 2.17. The summed E-state index contributed by atoms with van der Waals surface area (Å²) < 4.78 is 5.55. The Morgan fingerprint density at radius 1 is 1.30 bits per heavy atom. The predicted molar refractivity (Wildman–Crippen MR) is 92.2 cm³/mol. The van der Waals surface area contributed by atoms with E-state index in [0.717, 1.165) is 5.75 Å². The Labute approximate surface area is 141 Å². The van der Waals surface area contributed by atoms with Crippen LogP contribution in [0.15, 0.2) is 24.3 Å². The van der Waals surface area contributed by atoms with E-state index in [1.165, 1.54) is 5.56 Å². The Hall–Kier alpha value is -1.89. The van der Waals surface area contributed by atoms with Gasteiger partial charge in [-0.3, -0.25) is 0 Å². The molecule has 128 valence electrons. The molecule has 3 N–H and O–H groups in total. The van der Waals surface area contributed by atoms with E-state index in [9.17, 15) is 9.59 Å². The first kappa shape index (κ1) is 19.2. The van der Waals surface area contributed by atoms with E-state index < -0.39 is 18.0 Å². The lowest BCUT2D eigenvalue weighted by molar-refractivity contribution is -0.139. The molecule has 0 spiro atoms. The molecule has 0 bridgehead atoms. The van der Waals surface area contributed by atoms with E-state index in [2.05, 4.69) is 10.6 Å². The number of thioether (sulfide) groups is 1. The third-order valence-electron chi connectivity index (χ3n) is 3.11. The van der Waals surface area contributed by atoms with Gasteiger partial charge in [0, 0.05) is 6.54 Å². The SMILES string of the molecule is CSCCC(NC(=O)NCCCOc1ccc(C)cc1)C(=O)O. The molecule has 0 aliphatic carbocycles. The Kier molecular flexibility index (Phi) is 8.97. The van der Waals surface area contributed by atoms with Crippen LogP contribution < -0.4 is 15.4 Å². The van der Waals surface area contributed by atoms with Crippen molar-refractivity contribution in [2.45, 2.75) is 25.8 Å². The number of ether oxygens (including phenoxy) is 1. The number of nitrogens with one attached hydrogen (secondary N) is 2. The fourth-order valence-corrected chi connectivity index (χ4v) is 2.27. The highest BCUT2D eigenvalue weighted by molar-refractivity contribution is 7.98. The summed E-state index contributed by atoms with van der Waals surface area (Å²) in [4.78, 5) is 22.7. The van der Waals surface area contributed by atoms with E-state index in [4.69, 9.17) is 9.84 Å². The lowest BCUT2D eigenvalue weighted by atomic mass is 10.2. The molecule has 0 fully saturated rings. The van der Waals surface area contributed by atoms with Crippen LogP contribution in [0.5, 0.6) is 5.75 Å². The Morgan fingerprint density at radius 2 is 2.00 bits per heavy atom. The predicted octanol–water partition coefficient (Wildman–Crippen LogP) is 2.27. The van der Waals surface area contributed by atoms with Gasteiger partial charge in [-0.05, 0) is 43.9 Å². The summed E-state index contributed by atoms with van der Waals surface area (Å²) in [5, 5.41) is 14.1. The molecule has 1 atom stereocenters. The van der Waals surface area contributed by atoms with Gasteiger partial charge in [0.05, 0.1) is 6.61 Å². The van der Waals surface area contributed by atoms with Crippen molar-refractivity contribution in [1.29, 1.82) is 0 Å². The zero-order valence-electron chi connectivity index (χ0n) is 13.5. The van der Waals surface area contributed by atoms with E-state index >= 15 is 0 Å². The first-order valence-electron chi connectivity index (χ1n) is 7.48. The largest absolute Gasteiger partial charge is 0.494 e. The van der Waals surface area contributed by atoms with Gasteiger partial charge in [0.15, 0.2) is 0 Å². The highest BCUT2D eigenvalue weighted by Crippen LogP contribution is 2.11. The summed E-state index contributed by atoms with van der Waals surface area (Å²) in [7, 11) is 0. The highest BCUT2D eigenvalue weighted by atomic mass is 32.2. The van der Waals surface area contributed by atoms with Crippen LogP contribution in [-0.2, 0) is 4.79 Å². The number of hydrogen-bond acceptors (Lipinski definition) is 4. The number of rotatable bonds is 10. The number of aryl methyl sites for hydroxylation is 1. The molecule has 23 heavy (non-hydrogen) atoms. The van der Waals surface area contributed by atoms with E-state index in [-0.39, 0.29) is 0 Å². The molecular weight excluding hydrogens is 316 g/mol. The molecule has 0 aromatic heterocycles. The minimum atomic E-state index is -1.02. The molecule has 0 radical (unpaired) electrons. The highest BCUT2D eigenvalue weighted by Gasteiger charge is 2.18. The molecular formula is C16H24N2O4S. The number of carbonyl (C=O) groups excluding carboxylic acids is 1. The fourth-order valence-electron chi connectivity index (χ4n) is 1.80. The second kappa shape index (κ2) is 10.8. The van der Waals surface area contributed by atoms with Crippen LogP contribution in [0.3, 0.4) is 0 Å². The number of carboxylic acid groups (broad SMARTS) is 1. The number of amides is 2. The summed E-state index contributed by atoms with van der Waals surface area (Å²) in [6.07, 6.45) is 2.94. The molecule has 0 heterocycles. The average molecular weight is 340 g/mol. The third kappa shape index (κ3) is 8.35. The maximum absolute atomic E-state index is 11.7. The maximum Gasteiger partial charge on any atom is 0.326 e. The number of carboxylic acids is 1. The summed E-state index contributed by atoms with van der Waals surface area (Å²) in [6.45, 7) is 2.92. The van der Waals surface area contributed by atoms with Gasteiger partial charge in [0.1, 0.15) is 11.8 Å². The van der Waals surface area contributed by atoms with Crippen LogP contribution in [0.2, 0.25) is 0 Å². The summed E-state index contributed by atoms with van der Waals surface area (Å²) in [5.74, 6) is 0.460. The lowest BCUT2D eigenvalue weighted by Crippen LogP contribution is -2.46. The minimum Gasteiger partial charge on any atom is -0.494 e. The number of benzene rings is 1. The van der Waals surface area contributed by atoms with Crippen LogP contribution in [0.1, 0.15) is 18.4 Å². The van der Waals surface area contributed by atoms with Gasteiger partial charge < -0.3 is 20.5 Å². The molecule has 1 aromatic rings. The van der Waals surface area contributed by atoms with Crippen molar-refractivity contribution in [2.75, 3.05) is 25.2 Å². The Morgan fingerprint density at radius 3 is 2.61 bits per heavy atom. The second-order valence-corrected chi connectivity index (χ2v) is 6.07.